The lowest BCUT2D eigenvalue weighted by Gasteiger charge is -2.30. The van der Waals surface area contributed by atoms with Gasteiger partial charge in [0.15, 0.2) is 0 Å². The third-order valence-electron chi connectivity index (χ3n) is 5.29. The Hall–Kier alpha value is -0.690. The quantitative estimate of drug-likeness (QED) is 0.155. The second-order valence-electron chi connectivity index (χ2n) is 8.44. The summed E-state index contributed by atoms with van der Waals surface area (Å²) >= 11 is 0. The zero-order valence-corrected chi connectivity index (χ0v) is 20.2. The van der Waals surface area contributed by atoms with E-state index in [1.807, 2.05) is 0 Å². The molecule has 0 spiro atoms. The van der Waals surface area contributed by atoms with E-state index in [-0.39, 0.29) is 0 Å². The Balaban J connectivity index is 0. The van der Waals surface area contributed by atoms with Gasteiger partial charge < -0.3 is 20.4 Å². The van der Waals surface area contributed by atoms with E-state index < -0.39 is 24.7 Å². The van der Waals surface area contributed by atoms with Crippen LogP contribution < -0.4 is 0 Å². The van der Waals surface area contributed by atoms with Gasteiger partial charge in [0.2, 0.25) is 0 Å². The highest BCUT2D eigenvalue weighted by molar-refractivity contribution is 5.66. The van der Waals surface area contributed by atoms with Crippen molar-refractivity contribution in [1.82, 2.24) is 4.90 Å². The van der Waals surface area contributed by atoms with Crippen LogP contribution in [0, 0.1) is 0 Å². The molecule has 0 aliphatic rings. The van der Waals surface area contributed by atoms with Gasteiger partial charge in [-0.25, -0.2) is 4.90 Å². The van der Waals surface area contributed by atoms with Gasteiger partial charge >= 0.3 is 5.97 Å². The Kier molecular flexibility index (Phi) is 24.1. The minimum atomic E-state index is -0.833. The minimum absolute atomic E-state index is 0.345. The number of unbranched alkanes of at least 4 members (excludes halogenated alkanes) is 14. The van der Waals surface area contributed by atoms with Gasteiger partial charge in [0.05, 0.1) is 0 Å². The summed E-state index contributed by atoms with van der Waals surface area (Å²) in [7, 11) is 0. The summed E-state index contributed by atoms with van der Waals surface area (Å²) in [4.78, 5) is 11.5. The Morgan fingerprint density at radius 1 is 0.600 bits per heavy atom. The number of aliphatic carboxylic acids is 1. The van der Waals surface area contributed by atoms with Crippen molar-refractivity contribution in [1.29, 1.82) is 0 Å². The first-order valence-corrected chi connectivity index (χ1v) is 12.3. The van der Waals surface area contributed by atoms with E-state index in [2.05, 4.69) is 6.92 Å². The lowest BCUT2D eigenvalue weighted by Crippen LogP contribution is -2.45. The SMILES string of the molecule is CC(O)N(C(C)O)C(C)O.CCCCCCCCCCCCCCCCCC(=O)O. The molecule has 0 heterocycles. The highest BCUT2D eigenvalue weighted by Crippen LogP contribution is 2.13. The number of carboxylic acid groups (broad SMARTS) is 1. The number of aliphatic hydroxyl groups excluding tert-OH is 3. The van der Waals surface area contributed by atoms with E-state index in [0.29, 0.717) is 6.42 Å². The Labute approximate surface area is 185 Å². The molecule has 4 N–H and O–H groups in total. The molecule has 0 rings (SSSR count). The molecule has 6 nitrogen and oxygen atoms in total. The Morgan fingerprint density at radius 3 is 1.07 bits per heavy atom. The number of nitrogens with zero attached hydrogens (tertiary/aromatic N) is 1. The summed E-state index contributed by atoms with van der Waals surface area (Å²) in [5, 5.41) is 35.4. The second kappa shape index (κ2) is 23.0. The van der Waals surface area contributed by atoms with E-state index >= 15 is 0 Å². The van der Waals surface area contributed by atoms with E-state index in [4.69, 9.17) is 20.4 Å². The summed E-state index contributed by atoms with van der Waals surface area (Å²) in [6, 6.07) is 0. The van der Waals surface area contributed by atoms with Crippen molar-refractivity contribution in [3.05, 3.63) is 0 Å². The molecule has 0 radical (unpaired) electrons. The molecule has 0 aromatic rings. The fraction of sp³-hybridized carbons (Fsp3) is 0.958. The van der Waals surface area contributed by atoms with Crippen LogP contribution in [0.15, 0.2) is 0 Å². The van der Waals surface area contributed by atoms with Gasteiger partial charge in [0.1, 0.15) is 18.7 Å². The fourth-order valence-corrected chi connectivity index (χ4v) is 3.58. The number of aliphatic hydroxyl groups is 3. The third kappa shape index (κ3) is 23.6. The Bertz CT molecular complexity index is 342. The number of carboxylic acids is 1. The van der Waals surface area contributed by atoms with Crippen LogP contribution in [0.5, 0.6) is 0 Å². The Morgan fingerprint density at radius 2 is 0.867 bits per heavy atom. The average Bonchev–Trinajstić information content (AvgIpc) is 2.64. The van der Waals surface area contributed by atoms with Crippen LogP contribution in [0.1, 0.15) is 130 Å². The highest BCUT2D eigenvalue weighted by atomic mass is 16.4. The molecule has 0 bridgehead atoms. The summed E-state index contributed by atoms with van der Waals surface area (Å²) in [5.74, 6) is -0.653. The first-order valence-electron chi connectivity index (χ1n) is 12.3. The standard InChI is InChI=1S/C18H36O2.C6H15NO3/c1-2-3-4-5-6-7-8-9-10-11-12-13-14-15-16-17-18(19)20;1-4(8)7(5(2)9)6(3)10/h2-17H2,1H3,(H,19,20);4-6,8-10H,1-3H3. The van der Waals surface area contributed by atoms with Gasteiger partial charge in [0.25, 0.3) is 0 Å². The van der Waals surface area contributed by atoms with Crippen molar-refractivity contribution >= 4 is 5.97 Å². The molecule has 30 heavy (non-hydrogen) atoms. The maximum Gasteiger partial charge on any atom is 0.303 e. The molecule has 3 unspecified atom stereocenters. The second-order valence-corrected chi connectivity index (χ2v) is 8.44. The van der Waals surface area contributed by atoms with Crippen LogP contribution in [0.4, 0.5) is 0 Å². The number of hydrogen-bond donors (Lipinski definition) is 4. The van der Waals surface area contributed by atoms with Gasteiger partial charge in [-0.2, -0.15) is 0 Å². The first kappa shape index (κ1) is 31.5. The molecule has 0 aromatic heterocycles. The molecule has 0 fully saturated rings. The molecule has 0 aromatic carbocycles. The van der Waals surface area contributed by atoms with Gasteiger partial charge in [-0.1, -0.05) is 96.8 Å². The zero-order chi connectivity index (χ0) is 23.2. The molecule has 3 atom stereocenters. The third-order valence-corrected chi connectivity index (χ3v) is 5.29. The largest absolute Gasteiger partial charge is 0.481 e. The first-order chi connectivity index (χ1) is 14.2. The summed E-state index contributed by atoms with van der Waals surface area (Å²) in [6.07, 6.45) is 17.7. The molecular formula is C24H51NO5. The van der Waals surface area contributed by atoms with Crippen molar-refractivity contribution in [2.45, 2.75) is 149 Å². The zero-order valence-electron chi connectivity index (χ0n) is 20.2. The molecule has 0 amide bonds. The van der Waals surface area contributed by atoms with E-state index in [1.165, 1.54) is 109 Å². The molecular weight excluding hydrogens is 382 g/mol. The van der Waals surface area contributed by atoms with Crippen molar-refractivity contribution in [3.8, 4) is 0 Å². The van der Waals surface area contributed by atoms with E-state index in [9.17, 15) is 4.79 Å². The molecule has 0 aliphatic carbocycles. The summed E-state index contributed by atoms with van der Waals surface area (Å²) in [6.45, 7) is 6.73. The molecule has 182 valence electrons. The number of hydrogen-bond acceptors (Lipinski definition) is 5. The van der Waals surface area contributed by atoms with Crippen molar-refractivity contribution in [3.63, 3.8) is 0 Å². The lowest BCUT2D eigenvalue weighted by atomic mass is 10.0. The normalized spacial score (nSPS) is 14.1. The number of carbonyl (C=O) groups is 1. The van der Waals surface area contributed by atoms with Crippen LogP contribution in [-0.4, -0.2) is 50.0 Å². The van der Waals surface area contributed by atoms with E-state index in [0.717, 1.165) is 12.8 Å². The van der Waals surface area contributed by atoms with Crippen molar-refractivity contribution in [2.24, 2.45) is 0 Å². The summed E-state index contributed by atoms with van der Waals surface area (Å²) in [5.41, 5.74) is 0. The van der Waals surface area contributed by atoms with Gasteiger partial charge in [-0.05, 0) is 27.2 Å². The monoisotopic (exact) mass is 433 g/mol. The predicted octanol–water partition coefficient (Wildman–Crippen LogP) is 5.64. The maximum atomic E-state index is 10.3. The highest BCUT2D eigenvalue weighted by Gasteiger charge is 2.20. The predicted molar refractivity (Wildman–Crippen MR) is 124 cm³/mol. The molecule has 0 aliphatic heterocycles. The van der Waals surface area contributed by atoms with E-state index in [1.54, 1.807) is 0 Å². The topological polar surface area (TPSA) is 101 Å². The van der Waals surface area contributed by atoms with Crippen LogP contribution >= 0.6 is 0 Å². The molecule has 6 heteroatoms. The van der Waals surface area contributed by atoms with Crippen molar-refractivity contribution in [2.75, 3.05) is 0 Å². The smallest absolute Gasteiger partial charge is 0.303 e. The average molecular weight is 434 g/mol. The summed E-state index contributed by atoms with van der Waals surface area (Å²) < 4.78 is 0. The van der Waals surface area contributed by atoms with Crippen LogP contribution in [0.25, 0.3) is 0 Å². The fourth-order valence-electron chi connectivity index (χ4n) is 3.58. The molecule has 0 saturated heterocycles. The molecule has 0 saturated carbocycles. The maximum absolute atomic E-state index is 10.3. The van der Waals surface area contributed by atoms with Gasteiger partial charge in [-0.15, -0.1) is 0 Å². The van der Waals surface area contributed by atoms with Gasteiger partial charge in [0, 0.05) is 6.42 Å². The van der Waals surface area contributed by atoms with Crippen LogP contribution in [0.2, 0.25) is 0 Å². The van der Waals surface area contributed by atoms with Crippen LogP contribution in [-0.2, 0) is 4.79 Å². The van der Waals surface area contributed by atoms with Crippen molar-refractivity contribution < 1.29 is 25.2 Å². The van der Waals surface area contributed by atoms with Gasteiger partial charge in [-0.3, -0.25) is 4.79 Å². The number of rotatable bonds is 19. The lowest BCUT2D eigenvalue weighted by molar-refractivity contribution is -0.159. The van der Waals surface area contributed by atoms with Crippen LogP contribution in [0.3, 0.4) is 0 Å². The minimum Gasteiger partial charge on any atom is -0.481 e.